The van der Waals surface area contributed by atoms with Crippen molar-refractivity contribution in [2.24, 2.45) is 5.92 Å². The molecule has 0 amide bonds. The standard InChI is InChI=1S/C13H21N5S/c1-9(2)5-14-6-12-7-18(17-16-12)8-13-15-10(3)11(4)19-13/h7,9,14H,5-6,8H2,1-4H3. The molecule has 0 bridgehead atoms. The Kier molecular flexibility index (Phi) is 4.66. The Morgan fingerprint density at radius 1 is 1.37 bits per heavy atom. The van der Waals surface area contributed by atoms with Gasteiger partial charge in [-0.3, -0.25) is 0 Å². The Labute approximate surface area is 118 Å². The van der Waals surface area contributed by atoms with Crippen LogP contribution in [-0.4, -0.2) is 26.5 Å². The smallest absolute Gasteiger partial charge is 0.115 e. The minimum Gasteiger partial charge on any atom is -0.311 e. The van der Waals surface area contributed by atoms with Crippen molar-refractivity contribution in [3.63, 3.8) is 0 Å². The van der Waals surface area contributed by atoms with Crippen molar-refractivity contribution in [3.05, 3.63) is 27.5 Å². The van der Waals surface area contributed by atoms with Crippen LogP contribution in [0.15, 0.2) is 6.20 Å². The van der Waals surface area contributed by atoms with Crippen molar-refractivity contribution in [3.8, 4) is 0 Å². The highest BCUT2D eigenvalue weighted by molar-refractivity contribution is 7.11. The van der Waals surface area contributed by atoms with Crippen LogP contribution in [0, 0.1) is 19.8 Å². The molecule has 5 nitrogen and oxygen atoms in total. The molecule has 104 valence electrons. The summed E-state index contributed by atoms with van der Waals surface area (Å²) in [5.41, 5.74) is 2.09. The van der Waals surface area contributed by atoms with E-state index in [9.17, 15) is 0 Å². The summed E-state index contributed by atoms with van der Waals surface area (Å²) in [6.07, 6.45) is 1.99. The first-order valence-corrected chi connectivity index (χ1v) is 7.39. The Morgan fingerprint density at radius 3 is 2.79 bits per heavy atom. The molecule has 2 aromatic rings. The zero-order chi connectivity index (χ0) is 13.8. The molecule has 0 saturated heterocycles. The van der Waals surface area contributed by atoms with Crippen molar-refractivity contribution >= 4 is 11.3 Å². The molecule has 0 aromatic carbocycles. The van der Waals surface area contributed by atoms with Gasteiger partial charge in [0.1, 0.15) is 5.01 Å². The van der Waals surface area contributed by atoms with Crippen molar-refractivity contribution < 1.29 is 0 Å². The maximum atomic E-state index is 4.51. The van der Waals surface area contributed by atoms with Gasteiger partial charge in [-0.15, -0.1) is 16.4 Å². The fraction of sp³-hybridized carbons (Fsp3) is 0.615. The van der Waals surface area contributed by atoms with Gasteiger partial charge in [-0.05, 0) is 26.3 Å². The van der Waals surface area contributed by atoms with Crippen LogP contribution < -0.4 is 5.32 Å². The average molecular weight is 279 g/mol. The van der Waals surface area contributed by atoms with E-state index < -0.39 is 0 Å². The van der Waals surface area contributed by atoms with Gasteiger partial charge in [0.15, 0.2) is 0 Å². The molecule has 0 saturated carbocycles. The van der Waals surface area contributed by atoms with Gasteiger partial charge in [-0.25, -0.2) is 9.67 Å². The van der Waals surface area contributed by atoms with E-state index in [-0.39, 0.29) is 0 Å². The van der Waals surface area contributed by atoms with E-state index in [4.69, 9.17) is 0 Å². The maximum Gasteiger partial charge on any atom is 0.115 e. The number of thiazole rings is 1. The Hall–Kier alpha value is -1.27. The number of nitrogens with one attached hydrogen (secondary N) is 1. The number of hydrogen-bond donors (Lipinski definition) is 1. The molecular weight excluding hydrogens is 258 g/mol. The lowest BCUT2D eigenvalue weighted by Crippen LogP contribution is -2.19. The third kappa shape index (κ3) is 4.11. The van der Waals surface area contributed by atoms with Gasteiger partial charge >= 0.3 is 0 Å². The van der Waals surface area contributed by atoms with Gasteiger partial charge in [0.2, 0.25) is 0 Å². The molecule has 0 aliphatic rings. The number of nitrogens with zero attached hydrogens (tertiary/aromatic N) is 4. The summed E-state index contributed by atoms with van der Waals surface area (Å²) < 4.78 is 1.85. The summed E-state index contributed by atoms with van der Waals surface area (Å²) >= 11 is 1.72. The second kappa shape index (κ2) is 6.25. The van der Waals surface area contributed by atoms with Crippen LogP contribution in [0.1, 0.15) is 35.1 Å². The first kappa shape index (κ1) is 14.1. The van der Waals surface area contributed by atoms with Gasteiger partial charge in [-0.2, -0.15) is 0 Å². The van der Waals surface area contributed by atoms with Crippen LogP contribution in [0.3, 0.4) is 0 Å². The van der Waals surface area contributed by atoms with Crippen LogP contribution >= 0.6 is 11.3 Å². The number of hydrogen-bond acceptors (Lipinski definition) is 5. The van der Waals surface area contributed by atoms with Gasteiger partial charge in [0.25, 0.3) is 0 Å². The highest BCUT2D eigenvalue weighted by Gasteiger charge is 2.06. The van der Waals surface area contributed by atoms with Crippen molar-refractivity contribution in [1.29, 1.82) is 0 Å². The molecule has 0 unspecified atom stereocenters. The van der Waals surface area contributed by atoms with Gasteiger partial charge < -0.3 is 5.32 Å². The molecule has 0 spiro atoms. The maximum absolute atomic E-state index is 4.51. The van der Waals surface area contributed by atoms with Crippen LogP contribution in [-0.2, 0) is 13.1 Å². The van der Waals surface area contributed by atoms with Gasteiger partial charge in [0.05, 0.1) is 24.1 Å². The second-order valence-electron chi connectivity index (χ2n) is 5.18. The number of aromatic nitrogens is 4. The lowest BCUT2D eigenvalue weighted by Gasteiger charge is -2.04. The summed E-state index contributed by atoms with van der Waals surface area (Å²) in [5.74, 6) is 0.649. The Balaban J connectivity index is 1.90. The van der Waals surface area contributed by atoms with E-state index in [1.54, 1.807) is 11.3 Å². The highest BCUT2D eigenvalue weighted by Crippen LogP contribution is 2.17. The van der Waals surface area contributed by atoms with Crippen LogP contribution in [0.5, 0.6) is 0 Å². The molecule has 0 fully saturated rings. The molecule has 2 heterocycles. The fourth-order valence-corrected chi connectivity index (χ4v) is 2.66. The van der Waals surface area contributed by atoms with E-state index in [0.29, 0.717) is 12.5 Å². The second-order valence-corrected chi connectivity index (χ2v) is 6.47. The van der Waals surface area contributed by atoms with E-state index >= 15 is 0 Å². The van der Waals surface area contributed by atoms with Gasteiger partial charge in [-0.1, -0.05) is 19.1 Å². The summed E-state index contributed by atoms with van der Waals surface area (Å²) in [6.45, 7) is 11.0. The summed E-state index contributed by atoms with van der Waals surface area (Å²) in [5, 5.41) is 12.8. The molecule has 1 N–H and O–H groups in total. The minimum absolute atomic E-state index is 0.649. The zero-order valence-electron chi connectivity index (χ0n) is 12.0. The van der Waals surface area contributed by atoms with Crippen molar-refractivity contribution in [1.82, 2.24) is 25.3 Å². The minimum atomic E-state index is 0.649. The zero-order valence-corrected chi connectivity index (χ0v) is 12.8. The average Bonchev–Trinajstić information content (AvgIpc) is 2.87. The first-order chi connectivity index (χ1) is 9.04. The fourth-order valence-electron chi connectivity index (χ4n) is 1.73. The number of rotatable bonds is 6. The molecule has 2 rings (SSSR count). The van der Waals surface area contributed by atoms with Crippen molar-refractivity contribution in [2.75, 3.05) is 6.54 Å². The normalized spacial score (nSPS) is 11.4. The van der Waals surface area contributed by atoms with Crippen molar-refractivity contribution in [2.45, 2.75) is 40.8 Å². The molecule has 2 aromatic heterocycles. The lowest BCUT2D eigenvalue weighted by atomic mass is 10.2. The van der Waals surface area contributed by atoms with Crippen LogP contribution in [0.2, 0.25) is 0 Å². The quantitative estimate of drug-likeness (QED) is 0.880. The topological polar surface area (TPSA) is 55.6 Å². The molecule has 0 aliphatic carbocycles. The summed E-state index contributed by atoms with van der Waals surface area (Å²) in [4.78, 5) is 5.79. The Bertz CT molecular complexity index is 509. The molecule has 19 heavy (non-hydrogen) atoms. The molecule has 0 radical (unpaired) electrons. The lowest BCUT2D eigenvalue weighted by molar-refractivity contribution is 0.548. The number of aryl methyl sites for hydroxylation is 2. The third-order valence-corrected chi connectivity index (χ3v) is 3.87. The van der Waals surface area contributed by atoms with Gasteiger partial charge in [0, 0.05) is 11.4 Å². The van der Waals surface area contributed by atoms with Crippen LogP contribution in [0.25, 0.3) is 0 Å². The monoisotopic (exact) mass is 279 g/mol. The van der Waals surface area contributed by atoms with E-state index in [1.807, 2.05) is 17.8 Å². The highest BCUT2D eigenvalue weighted by atomic mass is 32.1. The van der Waals surface area contributed by atoms with E-state index in [0.717, 1.165) is 29.5 Å². The van der Waals surface area contributed by atoms with Crippen LogP contribution in [0.4, 0.5) is 0 Å². The largest absolute Gasteiger partial charge is 0.311 e. The molecular formula is C13H21N5S. The van der Waals surface area contributed by atoms with E-state index in [2.05, 4.69) is 41.4 Å². The SMILES string of the molecule is Cc1nc(Cn2cc(CNCC(C)C)nn2)sc1C. The molecule has 0 atom stereocenters. The predicted molar refractivity (Wildman–Crippen MR) is 77.3 cm³/mol. The summed E-state index contributed by atoms with van der Waals surface area (Å²) in [6, 6.07) is 0. The first-order valence-electron chi connectivity index (χ1n) is 6.57. The summed E-state index contributed by atoms with van der Waals surface area (Å²) in [7, 11) is 0. The molecule has 0 aliphatic heterocycles. The van der Waals surface area contributed by atoms with E-state index in [1.165, 1.54) is 4.88 Å². The predicted octanol–water partition coefficient (Wildman–Crippen LogP) is 2.15. The molecule has 6 heteroatoms. The third-order valence-electron chi connectivity index (χ3n) is 2.81. The Morgan fingerprint density at radius 2 is 2.16 bits per heavy atom.